The predicted octanol–water partition coefficient (Wildman–Crippen LogP) is 13.4. The van der Waals surface area contributed by atoms with Gasteiger partial charge in [0.25, 0.3) is 13.4 Å². The molecule has 4 bridgehead atoms. The van der Waals surface area contributed by atoms with E-state index in [4.69, 9.17) is 4.74 Å². The number of benzene rings is 10. The molecule has 6 aliphatic heterocycles. The van der Waals surface area contributed by atoms with Gasteiger partial charge in [-0.2, -0.15) is 0 Å². The van der Waals surface area contributed by atoms with Crippen molar-refractivity contribution in [2.45, 2.75) is 44.2 Å². The molecule has 0 spiro atoms. The molecule has 8 aliphatic rings. The van der Waals surface area contributed by atoms with Crippen LogP contribution in [0.25, 0.3) is 0 Å². The van der Waals surface area contributed by atoms with E-state index in [1.165, 1.54) is 99.0 Å². The second-order valence-electron chi connectivity index (χ2n) is 22.5. The second-order valence-corrected chi connectivity index (χ2v) is 22.5. The first-order valence-electron chi connectivity index (χ1n) is 27.8. The normalized spacial score (nSPS) is 19.4. The molecule has 0 unspecified atom stereocenters. The van der Waals surface area contributed by atoms with Gasteiger partial charge in [0.1, 0.15) is 11.5 Å². The summed E-state index contributed by atoms with van der Waals surface area (Å²) in [6.45, 7) is -0.161. The molecular weight excluding hydrogens is 936 g/mol. The van der Waals surface area contributed by atoms with Gasteiger partial charge in [-0.25, -0.2) is 0 Å². The fourth-order valence-electron chi connectivity index (χ4n) is 15.5. The van der Waals surface area contributed by atoms with E-state index in [9.17, 15) is 0 Å². The Morgan fingerprint density at radius 1 is 0.325 bits per heavy atom. The van der Waals surface area contributed by atoms with Crippen LogP contribution in [0.1, 0.15) is 32.1 Å². The van der Waals surface area contributed by atoms with E-state index in [-0.39, 0.29) is 13.4 Å². The lowest BCUT2D eigenvalue weighted by Gasteiger charge is -2.58. The van der Waals surface area contributed by atoms with Crippen LogP contribution < -0.4 is 62.0 Å². The fraction of sp³-hybridized carbons (Fsp3) is 0.130. The highest BCUT2D eigenvalue weighted by molar-refractivity contribution is 7.02. The van der Waals surface area contributed by atoms with Crippen molar-refractivity contribution in [2.24, 2.45) is 11.8 Å². The van der Waals surface area contributed by atoms with Gasteiger partial charge >= 0.3 is 0 Å². The van der Waals surface area contributed by atoms with Crippen molar-refractivity contribution in [1.82, 2.24) is 0 Å². The van der Waals surface area contributed by atoms with Crippen LogP contribution in [0.2, 0.25) is 0 Å². The number of para-hydroxylation sites is 7. The second kappa shape index (κ2) is 16.8. The van der Waals surface area contributed by atoms with Gasteiger partial charge in [0.15, 0.2) is 0 Å². The fourth-order valence-corrected chi connectivity index (χ4v) is 15.5. The number of anilines is 13. The molecular formula is C69H53B2N5O. The average Bonchev–Trinajstić information content (AvgIpc) is 3.62. The highest BCUT2D eigenvalue weighted by Crippen LogP contribution is 2.54. The van der Waals surface area contributed by atoms with Crippen molar-refractivity contribution in [1.29, 1.82) is 0 Å². The van der Waals surface area contributed by atoms with Gasteiger partial charge in [0, 0.05) is 92.5 Å². The first-order valence-corrected chi connectivity index (χ1v) is 27.8. The van der Waals surface area contributed by atoms with Crippen molar-refractivity contribution in [3.63, 3.8) is 0 Å². The zero-order valence-corrected chi connectivity index (χ0v) is 42.7. The molecule has 2 saturated carbocycles. The Kier molecular flexibility index (Phi) is 9.47. The predicted molar refractivity (Wildman–Crippen MR) is 321 cm³/mol. The molecule has 10 aromatic rings. The monoisotopic (exact) mass is 989 g/mol. The summed E-state index contributed by atoms with van der Waals surface area (Å²) in [7, 11) is 0. The Morgan fingerprint density at radius 3 is 1.29 bits per heavy atom. The maximum atomic E-state index is 7.66. The van der Waals surface area contributed by atoms with Gasteiger partial charge in [-0.3, -0.25) is 0 Å². The topological polar surface area (TPSA) is 25.4 Å². The highest BCUT2D eigenvalue weighted by atomic mass is 16.5. The van der Waals surface area contributed by atoms with E-state index in [2.05, 4.69) is 261 Å². The minimum Gasteiger partial charge on any atom is -0.458 e. The highest BCUT2D eigenvalue weighted by Gasteiger charge is 2.51. The molecule has 18 rings (SSSR count). The van der Waals surface area contributed by atoms with Gasteiger partial charge in [-0.1, -0.05) is 133 Å². The van der Waals surface area contributed by atoms with Crippen molar-refractivity contribution in [2.75, 3.05) is 24.5 Å². The van der Waals surface area contributed by atoms with E-state index in [0.717, 1.165) is 63.1 Å². The molecule has 8 heteroatoms. The lowest BCUT2D eigenvalue weighted by Crippen LogP contribution is -2.64. The summed E-state index contributed by atoms with van der Waals surface area (Å²) in [5.41, 5.74) is 22.7. The van der Waals surface area contributed by atoms with Crippen LogP contribution in [-0.2, 0) is 0 Å². The summed E-state index contributed by atoms with van der Waals surface area (Å²) < 4.78 is 7.66. The molecule has 4 fully saturated rings. The largest absolute Gasteiger partial charge is 0.458 e. The van der Waals surface area contributed by atoms with Crippen LogP contribution in [-0.4, -0.2) is 25.5 Å². The van der Waals surface area contributed by atoms with Gasteiger partial charge < -0.3 is 29.2 Å². The smallest absolute Gasteiger partial charge is 0.256 e. The summed E-state index contributed by atoms with van der Waals surface area (Å²) in [4.78, 5) is 12.9. The molecule has 0 aromatic heterocycles. The third-order valence-corrected chi connectivity index (χ3v) is 18.2. The minimum absolute atomic E-state index is 0.0489. The van der Waals surface area contributed by atoms with Gasteiger partial charge in [-0.15, -0.1) is 0 Å². The van der Waals surface area contributed by atoms with Crippen LogP contribution >= 0.6 is 0 Å². The third kappa shape index (κ3) is 6.51. The van der Waals surface area contributed by atoms with Gasteiger partial charge in [0.05, 0.1) is 5.69 Å². The van der Waals surface area contributed by atoms with Crippen LogP contribution in [0, 0.1) is 11.8 Å². The van der Waals surface area contributed by atoms with Crippen LogP contribution in [0.5, 0.6) is 11.5 Å². The first-order chi connectivity index (χ1) is 38.2. The molecule has 6 heterocycles. The molecule has 0 radical (unpaired) electrons. The standard InChI is InChI=1S/C69H53B2N5O/c1-6-20-47(21-7-1)72(48-22-8-2-9-23-48)55-41-65-69-67(42-55)77-66-44-62-58(43-59(66)71(69)57-31-17-19-33-61(57)75(65)50-26-12-4-13-27-50)70-56-30-16-18-32-60(56)74(49-24-10-3-11-25-49)63-39-54(73-52-35-45-34-46(37-52)38-53(73)36-45)40-64(68(63)70)76(62)51-28-14-5-15-29-51/h1-33,39-46,52-53H,34-38H2. The van der Waals surface area contributed by atoms with Crippen molar-refractivity contribution in [3.8, 4) is 11.5 Å². The van der Waals surface area contributed by atoms with E-state index in [0.29, 0.717) is 12.1 Å². The number of rotatable bonds is 7. The Bertz CT molecular complexity index is 3910. The molecule has 6 nitrogen and oxygen atoms in total. The van der Waals surface area contributed by atoms with Crippen LogP contribution in [0.15, 0.2) is 237 Å². The minimum atomic E-state index is -0.112. The number of ether oxygens (including phenoxy) is 1. The zero-order valence-electron chi connectivity index (χ0n) is 42.7. The van der Waals surface area contributed by atoms with Crippen molar-refractivity contribution >= 4 is 120 Å². The zero-order chi connectivity index (χ0) is 50.3. The molecule has 0 amide bonds. The Balaban J connectivity index is 0.932. The SMILES string of the molecule is c1ccc(N(c2ccccc2)c2cc3c4c(c2)N(c2ccccc2)c2ccccc2B4c2cc4c(cc2O3)N(c2ccccc2)c2cc(N3C5CC6CC(C5)CC3C6)cc3c2B4c2ccccc2N3c2ccccc2)cc1. The summed E-state index contributed by atoms with van der Waals surface area (Å²) in [5, 5.41) is 0. The average molecular weight is 990 g/mol. The molecule has 10 aromatic carbocycles. The van der Waals surface area contributed by atoms with Crippen LogP contribution in [0.4, 0.5) is 73.9 Å². The number of piperidine rings is 2. The Hall–Kier alpha value is -8.87. The lowest BCUT2D eigenvalue weighted by atomic mass is 9.30. The molecule has 0 atom stereocenters. The summed E-state index contributed by atoms with van der Waals surface area (Å²) >= 11 is 0. The van der Waals surface area contributed by atoms with Crippen molar-refractivity contribution in [3.05, 3.63) is 237 Å². The number of hydrogen-bond donors (Lipinski definition) is 0. The molecule has 2 saturated heterocycles. The maximum absolute atomic E-state index is 7.66. The summed E-state index contributed by atoms with van der Waals surface area (Å²) in [5.74, 6) is 3.47. The Labute approximate surface area is 451 Å². The lowest BCUT2D eigenvalue weighted by molar-refractivity contribution is 0.0900. The molecule has 366 valence electrons. The molecule has 2 aliphatic carbocycles. The first kappa shape index (κ1) is 43.4. The number of fused-ring (bicyclic) bond motifs is 8. The molecule has 0 N–H and O–H groups in total. The van der Waals surface area contributed by atoms with E-state index in [1.54, 1.807) is 0 Å². The summed E-state index contributed by atoms with van der Waals surface area (Å²) in [6.07, 6.45) is 6.62. The number of nitrogens with zero attached hydrogens (tertiary/aromatic N) is 5. The summed E-state index contributed by atoms with van der Waals surface area (Å²) in [6, 6.07) is 88.8. The Morgan fingerprint density at radius 2 is 0.766 bits per heavy atom. The quantitative estimate of drug-likeness (QED) is 0.148. The van der Waals surface area contributed by atoms with Crippen LogP contribution in [0.3, 0.4) is 0 Å². The van der Waals surface area contributed by atoms with Crippen molar-refractivity contribution < 1.29 is 4.74 Å². The van der Waals surface area contributed by atoms with Gasteiger partial charge in [0.2, 0.25) is 0 Å². The van der Waals surface area contributed by atoms with Gasteiger partial charge in [-0.05, 0) is 168 Å². The van der Waals surface area contributed by atoms with E-state index < -0.39 is 0 Å². The van der Waals surface area contributed by atoms with E-state index in [1.807, 2.05) is 0 Å². The van der Waals surface area contributed by atoms with E-state index >= 15 is 0 Å². The maximum Gasteiger partial charge on any atom is 0.256 e. The number of hydrogen-bond acceptors (Lipinski definition) is 6. The third-order valence-electron chi connectivity index (χ3n) is 18.2. The molecule has 77 heavy (non-hydrogen) atoms.